The van der Waals surface area contributed by atoms with Crippen LogP contribution in [0.3, 0.4) is 0 Å². The molecule has 1 aromatic heterocycles. The van der Waals surface area contributed by atoms with Crippen LogP contribution in [0.2, 0.25) is 0 Å². The Morgan fingerprint density at radius 3 is 2.53 bits per heavy atom. The minimum absolute atomic E-state index is 0.0561. The van der Waals surface area contributed by atoms with E-state index in [9.17, 15) is 22.4 Å². The summed E-state index contributed by atoms with van der Waals surface area (Å²) in [4.78, 5) is 22.3. The Bertz CT molecular complexity index is 954. The summed E-state index contributed by atoms with van der Waals surface area (Å²) in [6.07, 6.45) is -3.50. The van der Waals surface area contributed by atoms with Gasteiger partial charge in [0.25, 0.3) is 0 Å². The van der Waals surface area contributed by atoms with E-state index in [1.165, 1.54) is 11.2 Å². The summed E-state index contributed by atoms with van der Waals surface area (Å²) in [5.74, 6) is -1.68. The van der Waals surface area contributed by atoms with Crippen LogP contribution in [0.5, 0.6) is 0 Å². The number of aromatic nitrogens is 2. The second-order valence-corrected chi connectivity index (χ2v) is 8.29. The van der Waals surface area contributed by atoms with Crippen LogP contribution in [0.25, 0.3) is 0 Å². The highest BCUT2D eigenvalue weighted by Crippen LogP contribution is 2.38. The SMILES string of the molecule is CC(c1ccc(F)cc1C(F)(F)F)c1ncnc2c1CCN(C(=O)OC(C)(C)C)C2. The summed E-state index contributed by atoms with van der Waals surface area (Å²) in [5.41, 5.74) is 0.00925. The second-order valence-electron chi connectivity index (χ2n) is 8.29. The number of halogens is 4. The first-order valence-electron chi connectivity index (χ1n) is 9.54. The van der Waals surface area contributed by atoms with Crippen LogP contribution >= 0.6 is 0 Å². The number of carbonyl (C=O) groups excluding carboxylic acids is 1. The molecule has 0 saturated heterocycles. The number of fused-ring (bicyclic) bond motifs is 1. The molecule has 5 nitrogen and oxygen atoms in total. The molecule has 0 radical (unpaired) electrons. The fourth-order valence-electron chi connectivity index (χ4n) is 3.53. The lowest BCUT2D eigenvalue weighted by Crippen LogP contribution is -2.40. The van der Waals surface area contributed by atoms with Crippen LogP contribution in [-0.2, 0) is 23.9 Å². The number of hydrogen-bond acceptors (Lipinski definition) is 4. The summed E-state index contributed by atoms with van der Waals surface area (Å²) >= 11 is 0. The molecule has 2 heterocycles. The molecule has 1 atom stereocenters. The maximum atomic E-state index is 13.5. The quantitative estimate of drug-likeness (QED) is 0.630. The number of ether oxygens (including phenoxy) is 1. The molecule has 1 aliphatic rings. The number of hydrogen-bond donors (Lipinski definition) is 0. The third-order valence-electron chi connectivity index (χ3n) is 4.89. The minimum Gasteiger partial charge on any atom is -0.444 e. The summed E-state index contributed by atoms with van der Waals surface area (Å²) < 4.78 is 59.2. The van der Waals surface area contributed by atoms with Crippen molar-refractivity contribution in [2.24, 2.45) is 0 Å². The Morgan fingerprint density at radius 2 is 1.90 bits per heavy atom. The van der Waals surface area contributed by atoms with Gasteiger partial charge in [-0.25, -0.2) is 19.2 Å². The molecule has 0 aliphatic carbocycles. The van der Waals surface area contributed by atoms with Crippen LogP contribution in [0.1, 0.15) is 61.7 Å². The van der Waals surface area contributed by atoms with E-state index in [0.717, 1.165) is 12.1 Å². The maximum absolute atomic E-state index is 13.5. The lowest BCUT2D eigenvalue weighted by molar-refractivity contribution is -0.138. The van der Waals surface area contributed by atoms with Gasteiger partial charge in [0.1, 0.15) is 17.7 Å². The van der Waals surface area contributed by atoms with Gasteiger partial charge in [0.2, 0.25) is 0 Å². The average Bonchev–Trinajstić information content (AvgIpc) is 2.64. The lowest BCUT2D eigenvalue weighted by Gasteiger charge is -2.32. The zero-order valence-electron chi connectivity index (χ0n) is 17.2. The van der Waals surface area contributed by atoms with Gasteiger partial charge in [0, 0.05) is 12.5 Å². The fraction of sp³-hybridized carbons (Fsp3) is 0.476. The number of benzene rings is 1. The van der Waals surface area contributed by atoms with Crippen molar-refractivity contribution in [1.82, 2.24) is 14.9 Å². The van der Waals surface area contributed by atoms with Crippen molar-refractivity contribution in [1.29, 1.82) is 0 Å². The van der Waals surface area contributed by atoms with Crippen LogP contribution in [-0.4, -0.2) is 33.1 Å². The van der Waals surface area contributed by atoms with Gasteiger partial charge in [-0.3, -0.25) is 0 Å². The van der Waals surface area contributed by atoms with Gasteiger partial charge in [-0.05, 0) is 50.5 Å². The van der Waals surface area contributed by atoms with E-state index in [4.69, 9.17) is 4.74 Å². The van der Waals surface area contributed by atoms with E-state index in [2.05, 4.69) is 9.97 Å². The van der Waals surface area contributed by atoms with Crippen LogP contribution in [0, 0.1) is 5.82 Å². The molecule has 1 aliphatic heterocycles. The highest BCUT2D eigenvalue weighted by atomic mass is 19.4. The van der Waals surface area contributed by atoms with E-state index >= 15 is 0 Å². The van der Waals surface area contributed by atoms with E-state index in [-0.39, 0.29) is 12.1 Å². The molecule has 0 N–H and O–H groups in total. The van der Waals surface area contributed by atoms with Crippen molar-refractivity contribution in [2.45, 2.75) is 58.4 Å². The smallest absolute Gasteiger partial charge is 0.416 e. The van der Waals surface area contributed by atoms with Gasteiger partial charge < -0.3 is 9.64 Å². The molecule has 9 heteroatoms. The molecule has 1 aromatic carbocycles. The third-order valence-corrected chi connectivity index (χ3v) is 4.89. The Balaban J connectivity index is 1.93. The standard InChI is InChI=1S/C21H23F4N3O2/c1-12(14-6-5-13(22)9-16(14)21(23,24)25)18-15-7-8-28(10-17(15)26-11-27-18)19(29)30-20(2,3)4/h5-6,9,11-12H,7-8,10H2,1-4H3. The van der Waals surface area contributed by atoms with Gasteiger partial charge in [-0.15, -0.1) is 0 Å². The second kappa shape index (κ2) is 7.85. The minimum atomic E-state index is -4.69. The number of carbonyl (C=O) groups is 1. The Hall–Kier alpha value is -2.71. The highest BCUT2D eigenvalue weighted by Gasteiger charge is 2.36. The Kier molecular flexibility index (Phi) is 5.75. The molecule has 1 amide bonds. The van der Waals surface area contributed by atoms with Gasteiger partial charge in [0.05, 0.1) is 23.5 Å². The van der Waals surface area contributed by atoms with Crippen LogP contribution in [0.15, 0.2) is 24.5 Å². The molecule has 30 heavy (non-hydrogen) atoms. The zero-order chi connectivity index (χ0) is 22.3. The Morgan fingerprint density at radius 1 is 1.20 bits per heavy atom. The molecule has 0 fully saturated rings. The van der Waals surface area contributed by atoms with Gasteiger partial charge in [-0.2, -0.15) is 13.2 Å². The van der Waals surface area contributed by atoms with E-state index in [1.54, 1.807) is 27.7 Å². The summed E-state index contributed by atoms with van der Waals surface area (Å²) in [7, 11) is 0. The monoisotopic (exact) mass is 425 g/mol. The molecule has 2 aromatic rings. The molecule has 162 valence electrons. The number of rotatable bonds is 2. The van der Waals surface area contributed by atoms with Gasteiger partial charge in [0.15, 0.2) is 0 Å². The maximum Gasteiger partial charge on any atom is 0.416 e. The number of amides is 1. The average molecular weight is 425 g/mol. The van der Waals surface area contributed by atoms with Crippen molar-refractivity contribution in [3.05, 3.63) is 58.4 Å². The fourth-order valence-corrected chi connectivity index (χ4v) is 3.53. The zero-order valence-corrected chi connectivity index (χ0v) is 17.2. The third kappa shape index (κ3) is 4.71. The lowest BCUT2D eigenvalue weighted by atomic mass is 9.88. The molecule has 3 rings (SSSR count). The van der Waals surface area contributed by atoms with Gasteiger partial charge in [-0.1, -0.05) is 13.0 Å². The molecule has 0 saturated carbocycles. The predicted molar refractivity (Wildman–Crippen MR) is 101 cm³/mol. The molecule has 0 spiro atoms. The van der Waals surface area contributed by atoms with Gasteiger partial charge >= 0.3 is 12.3 Å². The van der Waals surface area contributed by atoms with Crippen molar-refractivity contribution < 1.29 is 27.1 Å². The summed E-state index contributed by atoms with van der Waals surface area (Å²) in [5, 5.41) is 0. The molecular weight excluding hydrogens is 402 g/mol. The van der Waals surface area contributed by atoms with Crippen molar-refractivity contribution in [2.75, 3.05) is 6.54 Å². The molecule has 1 unspecified atom stereocenters. The van der Waals surface area contributed by atoms with Crippen LogP contribution in [0.4, 0.5) is 22.4 Å². The first-order valence-corrected chi connectivity index (χ1v) is 9.54. The van der Waals surface area contributed by atoms with Crippen molar-refractivity contribution in [3.8, 4) is 0 Å². The topological polar surface area (TPSA) is 55.3 Å². The molecular formula is C21H23F4N3O2. The van der Waals surface area contributed by atoms with E-state index in [0.29, 0.717) is 36.0 Å². The normalized spacial score (nSPS) is 15.5. The predicted octanol–water partition coefficient (Wildman–Crippen LogP) is 5.08. The molecule has 0 bridgehead atoms. The number of nitrogens with zero attached hydrogens (tertiary/aromatic N) is 3. The number of alkyl halides is 3. The first kappa shape index (κ1) is 22.0. The highest BCUT2D eigenvalue weighted by molar-refractivity contribution is 5.68. The summed E-state index contributed by atoms with van der Waals surface area (Å²) in [6.45, 7) is 7.43. The van der Waals surface area contributed by atoms with E-state index in [1.807, 2.05) is 0 Å². The van der Waals surface area contributed by atoms with Crippen molar-refractivity contribution >= 4 is 6.09 Å². The van der Waals surface area contributed by atoms with Crippen LogP contribution < -0.4 is 0 Å². The van der Waals surface area contributed by atoms with Crippen molar-refractivity contribution in [3.63, 3.8) is 0 Å². The summed E-state index contributed by atoms with van der Waals surface area (Å²) in [6, 6.07) is 2.66. The largest absolute Gasteiger partial charge is 0.444 e. The van der Waals surface area contributed by atoms with E-state index < -0.39 is 35.2 Å². The Labute approximate surface area is 172 Å². The first-order chi connectivity index (χ1) is 13.9.